The molecule has 3 aromatic carbocycles. The maximum Gasteiger partial charge on any atom is 0.270 e. The predicted molar refractivity (Wildman–Crippen MR) is 96.5 cm³/mol. The number of non-ortho nitro benzene ring substituents is 1. The van der Waals surface area contributed by atoms with Crippen LogP contribution < -0.4 is 5.43 Å². The van der Waals surface area contributed by atoms with Crippen LogP contribution in [0.4, 0.5) is 5.69 Å². The molecule has 0 atom stereocenters. The molecule has 3 aromatic rings. The molecule has 3 rings (SSSR count). The van der Waals surface area contributed by atoms with Gasteiger partial charge in [0.1, 0.15) is 0 Å². The number of fused-ring (bicyclic) bond motifs is 1. The molecule has 0 fully saturated rings. The third-order valence-electron chi connectivity index (χ3n) is 3.71. The molecule has 6 heteroatoms. The van der Waals surface area contributed by atoms with Gasteiger partial charge in [0.15, 0.2) is 0 Å². The summed E-state index contributed by atoms with van der Waals surface area (Å²) >= 11 is 0. The molecule has 0 aromatic heterocycles. The average molecular weight is 333 g/mol. The number of nitrogens with one attached hydrogen (secondary N) is 1. The Hall–Kier alpha value is -3.54. The Morgan fingerprint density at radius 3 is 2.68 bits per heavy atom. The van der Waals surface area contributed by atoms with Crippen LogP contribution in [0.25, 0.3) is 10.8 Å². The molecule has 0 saturated heterocycles. The SMILES string of the molecule is O=C(Cc1cccc2ccccc12)N/N=C\c1cccc([N+](=O)[O-])c1. The van der Waals surface area contributed by atoms with Gasteiger partial charge in [-0.15, -0.1) is 0 Å². The van der Waals surface area contributed by atoms with Crippen LogP contribution in [0, 0.1) is 10.1 Å². The van der Waals surface area contributed by atoms with Crippen LogP contribution in [0.1, 0.15) is 11.1 Å². The number of carbonyl (C=O) groups excluding carboxylic acids is 1. The normalized spacial score (nSPS) is 10.9. The van der Waals surface area contributed by atoms with Crippen molar-refractivity contribution in [3.05, 3.63) is 88.0 Å². The minimum atomic E-state index is -0.476. The molecule has 0 bridgehead atoms. The van der Waals surface area contributed by atoms with Crippen LogP contribution in [-0.4, -0.2) is 17.0 Å². The van der Waals surface area contributed by atoms with Gasteiger partial charge in [0, 0.05) is 17.7 Å². The molecular formula is C19H15N3O3. The Morgan fingerprint density at radius 1 is 1.08 bits per heavy atom. The van der Waals surface area contributed by atoms with Gasteiger partial charge in [0.2, 0.25) is 5.91 Å². The Labute approximate surface area is 143 Å². The zero-order valence-corrected chi connectivity index (χ0v) is 13.3. The van der Waals surface area contributed by atoms with Crippen molar-refractivity contribution in [1.29, 1.82) is 0 Å². The Bertz CT molecular complexity index is 962. The van der Waals surface area contributed by atoms with Crippen molar-refractivity contribution in [2.24, 2.45) is 5.10 Å². The average Bonchev–Trinajstić information content (AvgIpc) is 2.62. The topological polar surface area (TPSA) is 84.6 Å². The van der Waals surface area contributed by atoms with Gasteiger partial charge in [-0.05, 0) is 16.3 Å². The van der Waals surface area contributed by atoms with E-state index in [4.69, 9.17) is 0 Å². The maximum atomic E-state index is 12.1. The number of rotatable bonds is 5. The summed E-state index contributed by atoms with van der Waals surface area (Å²) in [6.45, 7) is 0. The first-order valence-electron chi connectivity index (χ1n) is 7.66. The maximum absolute atomic E-state index is 12.1. The van der Waals surface area contributed by atoms with Crippen LogP contribution in [0.3, 0.4) is 0 Å². The zero-order valence-electron chi connectivity index (χ0n) is 13.3. The third-order valence-corrected chi connectivity index (χ3v) is 3.71. The van der Waals surface area contributed by atoms with Crippen molar-refractivity contribution >= 4 is 28.6 Å². The van der Waals surface area contributed by atoms with Gasteiger partial charge >= 0.3 is 0 Å². The van der Waals surface area contributed by atoms with Crippen molar-refractivity contribution in [3.8, 4) is 0 Å². The predicted octanol–water partition coefficient (Wildman–Crippen LogP) is 3.44. The molecule has 0 aliphatic heterocycles. The highest BCUT2D eigenvalue weighted by Gasteiger charge is 2.06. The molecule has 0 saturated carbocycles. The molecule has 6 nitrogen and oxygen atoms in total. The summed E-state index contributed by atoms with van der Waals surface area (Å²) in [5, 5.41) is 16.7. The van der Waals surface area contributed by atoms with Crippen molar-refractivity contribution in [2.45, 2.75) is 6.42 Å². The minimum absolute atomic E-state index is 0.0222. The van der Waals surface area contributed by atoms with Crippen LogP contribution in [0.2, 0.25) is 0 Å². The summed E-state index contributed by atoms with van der Waals surface area (Å²) in [5.41, 5.74) is 3.89. The Morgan fingerprint density at radius 2 is 1.84 bits per heavy atom. The zero-order chi connectivity index (χ0) is 17.6. The second kappa shape index (κ2) is 7.35. The summed E-state index contributed by atoms with van der Waals surface area (Å²) in [6.07, 6.45) is 1.58. The molecule has 0 aliphatic carbocycles. The molecule has 0 aliphatic rings. The standard InChI is InChI=1S/C19H15N3O3/c23-19(12-16-8-4-7-15-6-1-2-10-18(15)16)21-20-13-14-5-3-9-17(11-14)22(24)25/h1-11,13H,12H2,(H,21,23)/b20-13-. The second-order valence-electron chi connectivity index (χ2n) is 5.46. The minimum Gasteiger partial charge on any atom is -0.273 e. The lowest BCUT2D eigenvalue weighted by Crippen LogP contribution is -2.19. The Kier molecular flexibility index (Phi) is 4.80. The number of amides is 1. The van der Waals surface area contributed by atoms with Crippen molar-refractivity contribution in [2.75, 3.05) is 0 Å². The number of nitrogens with zero attached hydrogens (tertiary/aromatic N) is 2. The summed E-state index contributed by atoms with van der Waals surface area (Å²) in [4.78, 5) is 22.3. The molecule has 25 heavy (non-hydrogen) atoms. The quantitative estimate of drug-likeness (QED) is 0.441. The summed E-state index contributed by atoms with van der Waals surface area (Å²) in [6, 6.07) is 19.7. The summed E-state index contributed by atoms with van der Waals surface area (Å²) in [5.74, 6) is -0.252. The largest absolute Gasteiger partial charge is 0.273 e. The molecule has 0 spiro atoms. The van der Waals surface area contributed by atoms with E-state index in [9.17, 15) is 14.9 Å². The highest BCUT2D eigenvalue weighted by atomic mass is 16.6. The molecule has 0 unspecified atom stereocenters. The highest BCUT2D eigenvalue weighted by Crippen LogP contribution is 2.18. The number of nitro benzene ring substituents is 1. The number of hydrazone groups is 1. The lowest BCUT2D eigenvalue weighted by Gasteiger charge is -2.05. The van der Waals surface area contributed by atoms with E-state index in [1.165, 1.54) is 18.3 Å². The molecule has 124 valence electrons. The molecule has 1 N–H and O–H groups in total. The second-order valence-corrected chi connectivity index (χ2v) is 5.46. The first-order chi connectivity index (χ1) is 12.1. The van der Waals surface area contributed by atoms with E-state index in [0.29, 0.717) is 5.56 Å². The van der Waals surface area contributed by atoms with E-state index >= 15 is 0 Å². The van der Waals surface area contributed by atoms with Gasteiger partial charge in [0.25, 0.3) is 5.69 Å². The molecular weight excluding hydrogens is 318 g/mol. The van der Waals surface area contributed by atoms with Gasteiger partial charge in [-0.3, -0.25) is 14.9 Å². The number of hydrogen-bond acceptors (Lipinski definition) is 4. The summed E-state index contributed by atoms with van der Waals surface area (Å²) < 4.78 is 0. The Balaban J connectivity index is 1.66. The fraction of sp³-hybridized carbons (Fsp3) is 0.0526. The van der Waals surface area contributed by atoms with Gasteiger partial charge in [0.05, 0.1) is 17.6 Å². The molecule has 1 amide bonds. The number of nitro groups is 1. The lowest BCUT2D eigenvalue weighted by atomic mass is 10.0. The number of carbonyl (C=O) groups is 1. The van der Waals surface area contributed by atoms with Gasteiger partial charge in [-0.1, -0.05) is 54.6 Å². The fourth-order valence-electron chi connectivity index (χ4n) is 2.56. The van der Waals surface area contributed by atoms with Gasteiger partial charge in [-0.2, -0.15) is 5.10 Å². The van der Waals surface area contributed by atoms with Crippen molar-refractivity contribution < 1.29 is 9.72 Å². The molecule has 0 radical (unpaired) electrons. The van der Waals surface area contributed by atoms with Gasteiger partial charge < -0.3 is 0 Å². The van der Waals surface area contributed by atoms with Crippen LogP contribution in [0.15, 0.2) is 71.8 Å². The third kappa shape index (κ3) is 4.06. The van der Waals surface area contributed by atoms with Crippen LogP contribution in [0.5, 0.6) is 0 Å². The highest BCUT2D eigenvalue weighted by molar-refractivity contribution is 5.90. The van der Waals surface area contributed by atoms with E-state index < -0.39 is 4.92 Å². The smallest absolute Gasteiger partial charge is 0.270 e. The lowest BCUT2D eigenvalue weighted by molar-refractivity contribution is -0.384. The number of benzene rings is 3. The van der Waals surface area contributed by atoms with E-state index in [1.807, 2.05) is 42.5 Å². The van der Waals surface area contributed by atoms with Crippen LogP contribution in [-0.2, 0) is 11.2 Å². The first-order valence-corrected chi connectivity index (χ1v) is 7.66. The van der Waals surface area contributed by atoms with Gasteiger partial charge in [-0.25, -0.2) is 5.43 Å². The van der Waals surface area contributed by atoms with Crippen LogP contribution >= 0.6 is 0 Å². The van der Waals surface area contributed by atoms with E-state index in [-0.39, 0.29) is 18.0 Å². The van der Waals surface area contributed by atoms with E-state index in [0.717, 1.165) is 16.3 Å². The van der Waals surface area contributed by atoms with E-state index in [2.05, 4.69) is 10.5 Å². The van der Waals surface area contributed by atoms with Crippen molar-refractivity contribution in [1.82, 2.24) is 5.43 Å². The summed E-state index contributed by atoms with van der Waals surface area (Å²) in [7, 11) is 0. The molecule has 0 heterocycles. The monoisotopic (exact) mass is 333 g/mol. The fourth-order valence-corrected chi connectivity index (χ4v) is 2.56. The van der Waals surface area contributed by atoms with Crippen molar-refractivity contribution in [3.63, 3.8) is 0 Å². The first kappa shape index (κ1) is 16.3. The number of hydrogen-bond donors (Lipinski definition) is 1. The van der Waals surface area contributed by atoms with E-state index in [1.54, 1.807) is 12.1 Å².